The van der Waals surface area contributed by atoms with Crippen LogP contribution in [0.25, 0.3) is 21.9 Å². The third-order valence-electron chi connectivity index (χ3n) is 5.64. The van der Waals surface area contributed by atoms with Crippen LogP contribution in [0.2, 0.25) is 5.02 Å². The Kier molecular flexibility index (Phi) is 5.59. The fourth-order valence-electron chi connectivity index (χ4n) is 3.95. The van der Waals surface area contributed by atoms with Crippen molar-refractivity contribution in [3.63, 3.8) is 0 Å². The number of ketones is 1. The van der Waals surface area contributed by atoms with E-state index in [4.69, 9.17) is 25.2 Å². The summed E-state index contributed by atoms with van der Waals surface area (Å²) in [7, 11) is 1.50. The highest BCUT2D eigenvalue weighted by Crippen LogP contribution is 2.34. The molecule has 34 heavy (non-hydrogen) atoms. The van der Waals surface area contributed by atoms with E-state index in [1.165, 1.54) is 13.2 Å². The van der Waals surface area contributed by atoms with E-state index < -0.39 is 5.78 Å². The zero-order chi connectivity index (χ0) is 23.8. The minimum atomic E-state index is -0.403. The zero-order valence-electron chi connectivity index (χ0n) is 18.5. The van der Waals surface area contributed by atoms with Gasteiger partial charge in [-0.15, -0.1) is 0 Å². The number of hydrogen-bond acceptors (Lipinski definition) is 5. The molecule has 1 N–H and O–H groups in total. The zero-order valence-corrected chi connectivity index (χ0v) is 19.2. The summed E-state index contributed by atoms with van der Waals surface area (Å²) in [4.78, 5) is 26.4. The molecule has 170 valence electrons. The molecule has 6 nitrogen and oxygen atoms in total. The predicted molar refractivity (Wildman–Crippen MR) is 131 cm³/mol. The normalized spacial score (nSPS) is 11.1. The third-order valence-corrected chi connectivity index (χ3v) is 5.94. The molecule has 2 heterocycles. The molecular weight excluding hydrogens is 454 g/mol. The fraction of sp³-hybridized carbons (Fsp3) is 0.111. The van der Waals surface area contributed by atoms with Crippen LogP contribution >= 0.6 is 11.6 Å². The Morgan fingerprint density at radius 1 is 1.00 bits per heavy atom. The number of carbonyl (C=O) groups is 2. The van der Waals surface area contributed by atoms with Gasteiger partial charge in [-0.05, 0) is 48.9 Å². The average molecular weight is 474 g/mol. The first-order valence-corrected chi connectivity index (χ1v) is 11.0. The van der Waals surface area contributed by atoms with Crippen molar-refractivity contribution >= 4 is 50.9 Å². The summed E-state index contributed by atoms with van der Waals surface area (Å²) in [6.45, 7) is 1.98. The number of ether oxygens (including phenoxy) is 1. The van der Waals surface area contributed by atoms with E-state index in [2.05, 4.69) is 5.32 Å². The second-order valence-corrected chi connectivity index (χ2v) is 8.37. The quantitative estimate of drug-likeness (QED) is 0.282. The molecule has 0 saturated carbocycles. The Labute approximate surface area is 200 Å². The number of furan rings is 2. The molecule has 0 saturated heterocycles. The number of halogens is 1. The first-order chi connectivity index (χ1) is 16.4. The molecule has 0 aliphatic heterocycles. The Balaban J connectivity index is 1.49. The van der Waals surface area contributed by atoms with Crippen LogP contribution in [0.3, 0.4) is 0 Å². The van der Waals surface area contributed by atoms with Crippen LogP contribution in [0, 0.1) is 6.92 Å². The van der Waals surface area contributed by atoms with Gasteiger partial charge in [-0.25, -0.2) is 0 Å². The van der Waals surface area contributed by atoms with Crippen LogP contribution in [0.15, 0.2) is 75.8 Å². The lowest BCUT2D eigenvalue weighted by atomic mass is 10.1. The van der Waals surface area contributed by atoms with Crippen molar-refractivity contribution in [2.24, 2.45) is 0 Å². The van der Waals surface area contributed by atoms with E-state index in [0.717, 1.165) is 22.1 Å². The molecule has 3 aromatic carbocycles. The van der Waals surface area contributed by atoms with Crippen LogP contribution in [0.4, 0.5) is 5.69 Å². The molecule has 5 rings (SSSR count). The molecular formula is C27H20ClNO5. The molecule has 2 aromatic heterocycles. The summed E-state index contributed by atoms with van der Waals surface area (Å²) in [6, 6.07) is 17.7. The molecule has 1 amide bonds. The Morgan fingerprint density at radius 3 is 2.62 bits per heavy atom. The lowest BCUT2D eigenvalue weighted by molar-refractivity contribution is -0.115. The van der Waals surface area contributed by atoms with Crippen LogP contribution < -0.4 is 10.1 Å². The van der Waals surface area contributed by atoms with Gasteiger partial charge >= 0.3 is 0 Å². The summed E-state index contributed by atoms with van der Waals surface area (Å²) in [5, 5.41) is 4.69. The summed E-state index contributed by atoms with van der Waals surface area (Å²) in [5.74, 6) is -0.209. The van der Waals surface area contributed by atoms with E-state index in [1.807, 2.05) is 31.2 Å². The maximum Gasteiger partial charge on any atom is 0.230 e. The van der Waals surface area contributed by atoms with Crippen LogP contribution in [0.1, 0.15) is 27.2 Å². The fourth-order valence-corrected chi connectivity index (χ4v) is 4.21. The monoisotopic (exact) mass is 473 g/mol. The number of methoxy groups -OCH3 is 1. The van der Waals surface area contributed by atoms with E-state index in [1.54, 1.807) is 36.6 Å². The number of fused-ring (bicyclic) bond motifs is 2. The first-order valence-electron chi connectivity index (χ1n) is 10.6. The second kappa shape index (κ2) is 8.72. The molecule has 0 aliphatic carbocycles. The molecule has 0 aliphatic rings. The van der Waals surface area contributed by atoms with E-state index in [0.29, 0.717) is 33.0 Å². The SMILES string of the molecule is COc1ccc(C(=O)c2oc3ccccc3c2NC(=O)Cc2coc3cc(C)ccc23)cc1Cl. The molecule has 5 aromatic rings. The van der Waals surface area contributed by atoms with E-state index >= 15 is 0 Å². The maximum atomic E-state index is 13.3. The summed E-state index contributed by atoms with van der Waals surface area (Å²) in [6.07, 6.45) is 1.67. The maximum absolute atomic E-state index is 13.3. The van der Waals surface area contributed by atoms with Gasteiger partial charge < -0.3 is 18.9 Å². The van der Waals surface area contributed by atoms with Crippen LogP contribution in [0.5, 0.6) is 5.75 Å². The highest BCUT2D eigenvalue weighted by Gasteiger charge is 2.24. The first kappa shape index (κ1) is 21.8. The number of hydrogen-bond donors (Lipinski definition) is 1. The average Bonchev–Trinajstić information content (AvgIpc) is 3.39. The number of aryl methyl sites for hydroxylation is 1. The van der Waals surface area contributed by atoms with Crippen molar-refractivity contribution in [2.75, 3.05) is 12.4 Å². The van der Waals surface area contributed by atoms with Crippen LogP contribution in [-0.2, 0) is 11.2 Å². The number of nitrogens with one attached hydrogen (secondary N) is 1. The van der Waals surface area contributed by atoms with E-state index in [-0.39, 0.29) is 18.1 Å². The third kappa shape index (κ3) is 3.93. The molecule has 0 atom stereocenters. The number of carbonyl (C=O) groups excluding carboxylic acids is 2. The van der Waals surface area contributed by atoms with Gasteiger partial charge in [0.2, 0.25) is 11.7 Å². The van der Waals surface area contributed by atoms with Crippen molar-refractivity contribution in [3.8, 4) is 5.75 Å². The van der Waals surface area contributed by atoms with Gasteiger partial charge in [-0.3, -0.25) is 9.59 Å². The molecule has 7 heteroatoms. The van der Waals surface area contributed by atoms with Crippen molar-refractivity contribution in [2.45, 2.75) is 13.3 Å². The van der Waals surface area contributed by atoms with Gasteiger partial charge in [-0.2, -0.15) is 0 Å². The molecule has 0 spiro atoms. The summed E-state index contributed by atoms with van der Waals surface area (Å²) >= 11 is 6.21. The predicted octanol–water partition coefficient (Wildman–Crippen LogP) is 6.56. The van der Waals surface area contributed by atoms with E-state index in [9.17, 15) is 9.59 Å². The molecule has 0 fully saturated rings. The lowest BCUT2D eigenvalue weighted by Crippen LogP contribution is -2.16. The van der Waals surface area contributed by atoms with Gasteiger partial charge in [0.15, 0.2) is 5.76 Å². The van der Waals surface area contributed by atoms with Gasteiger partial charge in [0.1, 0.15) is 16.9 Å². The highest BCUT2D eigenvalue weighted by molar-refractivity contribution is 6.32. The molecule has 0 unspecified atom stereocenters. The van der Waals surface area contributed by atoms with Gasteiger partial charge in [0.05, 0.1) is 30.5 Å². The molecule has 0 radical (unpaired) electrons. The number of anilines is 1. The Hall–Kier alpha value is -4.03. The van der Waals surface area contributed by atoms with Crippen molar-refractivity contribution in [1.82, 2.24) is 0 Å². The lowest BCUT2D eigenvalue weighted by Gasteiger charge is -2.07. The summed E-state index contributed by atoms with van der Waals surface area (Å²) < 4.78 is 16.7. The summed E-state index contributed by atoms with van der Waals surface area (Å²) in [5.41, 5.74) is 3.69. The van der Waals surface area contributed by atoms with Crippen molar-refractivity contribution in [3.05, 3.63) is 94.4 Å². The van der Waals surface area contributed by atoms with Crippen LogP contribution in [-0.4, -0.2) is 18.8 Å². The minimum Gasteiger partial charge on any atom is -0.495 e. The Bertz CT molecular complexity index is 1560. The number of rotatable bonds is 6. The highest BCUT2D eigenvalue weighted by atomic mass is 35.5. The Morgan fingerprint density at radius 2 is 1.82 bits per heavy atom. The smallest absolute Gasteiger partial charge is 0.230 e. The van der Waals surface area contributed by atoms with Crippen molar-refractivity contribution < 1.29 is 23.2 Å². The molecule has 0 bridgehead atoms. The number of amides is 1. The topological polar surface area (TPSA) is 81.7 Å². The number of para-hydroxylation sites is 1. The van der Waals surface area contributed by atoms with Gasteiger partial charge in [0, 0.05) is 21.9 Å². The largest absolute Gasteiger partial charge is 0.495 e. The second-order valence-electron chi connectivity index (χ2n) is 7.97. The number of benzene rings is 3. The van der Waals surface area contributed by atoms with Crippen molar-refractivity contribution in [1.29, 1.82) is 0 Å². The standard InChI is InChI=1S/C27H20ClNO5/c1-15-7-9-18-17(14-33-23(18)11-15)13-24(30)29-25-19-5-3-4-6-21(19)34-27(25)26(31)16-8-10-22(32-2)20(28)12-16/h3-12,14H,13H2,1-2H3,(H,29,30). The van der Waals surface area contributed by atoms with Gasteiger partial charge in [0.25, 0.3) is 0 Å². The minimum absolute atomic E-state index is 0.0310. The van der Waals surface area contributed by atoms with Gasteiger partial charge in [-0.1, -0.05) is 35.9 Å².